The van der Waals surface area contributed by atoms with E-state index in [0.29, 0.717) is 32.3 Å². The number of aldehydes is 2. The molecule has 4 aromatic rings. The van der Waals surface area contributed by atoms with Crippen LogP contribution < -0.4 is 18.9 Å². The summed E-state index contributed by atoms with van der Waals surface area (Å²) in [7, 11) is 4.76. The number of aliphatic hydroxyl groups is 2. The Labute approximate surface area is 541 Å². The largest absolute Gasteiger partial charge is 0.497 e. The van der Waals surface area contributed by atoms with Crippen LogP contribution in [0.5, 0.6) is 23.0 Å². The van der Waals surface area contributed by atoms with Crippen LogP contribution >= 0.6 is 0 Å². The molecule has 502 valence electrons. The van der Waals surface area contributed by atoms with E-state index in [1.807, 2.05) is 151 Å². The Morgan fingerprint density at radius 3 is 0.933 bits per heavy atom. The number of hydrogen-bond donors (Lipinski definition) is 2. The summed E-state index contributed by atoms with van der Waals surface area (Å²) in [4.78, 5) is 19.4. The lowest BCUT2D eigenvalue weighted by molar-refractivity contribution is -0.115. The van der Waals surface area contributed by atoms with E-state index in [1.54, 1.807) is 47.5 Å². The van der Waals surface area contributed by atoms with Gasteiger partial charge < -0.3 is 62.1 Å². The second kappa shape index (κ2) is 47.3. The maximum atomic E-state index is 10.5. The lowest BCUT2D eigenvalue weighted by atomic mass is 9.90. The van der Waals surface area contributed by atoms with Crippen molar-refractivity contribution in [2.75, 3.05) is 28.4 Å². The van der Waals surface area contributed by atoms with E-state index in [4.69, 9.17) is 52.2 Å². The van der Waals surface area contributed by atoms with Crippen molar-refractivity contribution >= 4 is 20.9 Å². The smallest absolute Gasteiger partial charge is 0.192 e. The fourth-order valence-electron chi connectivity index (χ4n) is 7.41. The molecular weight excluding hydrogens is 1140 g/mol. The Bertz CT molecular complexity index is 2390. The minimum Gasteiger partial charge on any atom is -0.497 e. The van der Waals surface area contributed by atoms with E-state index in [0.717, 1.165) is 57.8 Å². The minimum atomic E-state index is -1.87. The number of aliphatic hydroxyl groups excluding tert-OH is 2. The molecule has 0 aromatic heterocycles. The van der Waals surface area contributed by atoms with Crippen LogP contribution in [0.3, 0.4) is 0 Å². The fourth-order valence-corrected chi connectivity index (χ4v) is 8.87. The van der Waals surface area contributed by atoms with E-state index in [2.05, 4.69) is 94.8 Å². The molecule has 0 radical (unpaired) electrons. The first-order valence-electron chi connectivity index (χ1n) is 31.2. The maximum absolute atomic E-state index is 10.5. The number of hydrogen-bond acceptors (Lipinski definition) is 13. The molecule has 0 aliphatic carbocycles. The standard InChI is InChI=1S/C23H40O3Si.C17H26O3.C14H20O2.C13H18O3.C6H12O.C2H4O/c1-11-17(2)22(26-27(9,10)23(5,6)7)18(3)19(4)25-16-20-12-14-21(24-8)15-13-20;1-6-12(2)17(18)13(3)14(4)20-11-15-7-9-16(19-5)10-8-15;1-5-11(2)12(3)16-10-13-6-8-14(15-4)9-7-13;1-10(8-14)11(2)16-9-12-4-6-13(15-3)7-5-12;1-4-5(2)6(3)7;1-2-3/h11-15,17-19,22H,1,16H2,2-10H3;6-10,12-14,17-18H,1,11H2,2-5H3;5-9,11-12H,1,10H2,2-4H3;4-8,10-11H,9H2,1-3H3;4-7H,1H2,2-3H3;2H,1H3. The average Bonchev–Trinajstić information content (AvgIpc) is 2.46. The Kier molecular flexibility index (Phi) is 45.3. The summed E-state index contributed by atoms with van der Waals surface area (Å²) in [6.07, 6.45) is 8.73. The van der Waals surface area contributed by atoms with Gasteiger partial charge in [-0.25, -0.2) is 0 Å². The first-order chi connectivity index (χ1) is 41.8. The summed E-state index contributed by atoms with van der Waals surface area (Å²) >= 11 is 0. The summed E-state index contributed by atoms with van der Waals surface area (Å²) < 4.78 is 50.7. The molecule has 0 saturated carbocycles. The predicted octanol–water partition coefficient (Wildman–Crippen LogP) is 17.1. The molecule has 13 nitrogen and oxygen atoms in total. The van der Waals surface area contributed by atoms with Gasteiger partial charge in [-0.3, -0.25) is 0 Å². The van der Waals surface area contributed by atoms with Crippen LogP contribution in [0, 0.1) is 41.4 Å². The number of rotatable bonds is 32. The molecule has 4 rings (SSSR count). The fraction of sp³-hybridized carbons (Fsp3) is 0.547. The van der Waals surface area contributed by atoms with Gasteiger partial charge in [-0.15, -0.1) is 26.3 Å². The SMILES string of the molecule is C=CC(C)C(C)O.C=CC(C)C(C)OCc1ccc(OC)cc1.C=CC(C)C(O)C(C)C(C)OCc1ccc(OC)cc1.C=CC(C)C(O[Si](C)(C)C(C)(C)C)C(C)C(C)OCc1ccc(OC)cc1.CC=O.COc1ccc(COC(C)C(C)C=O)cc1. The zero-order chi connectivity index (χ0) is 68.5. The summed E-state index contributed by atoms with van der Waals surface area (Å²) in [5.74, 6) is 4.60. The van der Waals surface area contributed by atoms with E-state index in [1.165, 1.54) is 6.92 Å². The Balaban J connectivity index is 0. The highest BCUT2D eigenvalue weighted by atomic mass is 28.4. The number of methoxy groups -OCH3 is 4. The van der Waals surface area contributed by atoms with Crippen molar-refractivity contribution in [2.24, 2.45) is 41.4 Å². The van der Waals surface area contributed by atoms with Gasteiger partial charge in [0.05, 0.1) is 97.6 Å². The zero-order valence-electron chi connectivity index (χ0n) is 58.8. The second-order valence-corrected chi connectivity index (χ2v) is 29.1. The van der Waals surface area contributed by atoms with Crippen LogP contribution in [-0.4, -0.2) is 102 Å². The third kappa shape index (κ3) is 35.5. The van der Waals surface area contributed by atoms with Crippen LogP contribution in [0.4, 0.5) is 0 Å². The zero-order valence-corrected chi connectivity index (χ0v) is 59.8. The summed E-state index contributed by atoms with van der Waals surface area (Å²) in [6.45, 7) is 54.3. The molecule has 0 aliphatic rings. The van der Waals surface area contributed by atoms with Gasteiger partial charge >= 0.3 is 0 Å². The average molecular weight is 1260 g/mol. The van der Waals surface area contributed by atoms with Crippen molar-refractivity contribution in [3.63, 3.8) is 0 Å². The third-order valence-electron chi connectivity index (χ3n) is 16.5. The molecule has 14 atom stereocenters. The van der Waals surface area contributed by atoms with Crippen molar-refractivity contribution in [1.82, 2.24) is 0 Å². The van der Waals surface area contributed by atoms with Gasteiger partial charge in [-0.1, -0.05) is 142 Å². The van der Waals surface area contributed by atoms with Crippen molar-refractivity contribution in [3.05, 3.63) is 170 Å². The first-order valence-corrected chi connectivity index (χ1v) is 34.1. The number of benzene rings is 4. The number of ether oxygens (including phenoxy) is 8. The Morgan fingerprint density at radius 1 is 0.427 bits per heavy atom. The van der Waals surface area contributed by atoms with Gasteiger partial charge in [0, 0.05) is 23.7 Å². The molecule has 14 unspecified atom stereocenters. The molecule has 0 aliphatic heterocycles. The molecule has 4 aromatic carbocycles. The molecule has 0 spiro atoms. The van der Waals surface area contributed by atoms with Crippen molar-refractivity contribution in [1.29, 1.82) is 0 Å². The van der Waals surface area contributed by atoms with Gasteiger partial charge in [0.1, 0.15) is 35.6 Å². The van der Waals surface area contributed by atoms with Crippen LogP contribution in [0.1, 0.15) is 133 Å². The highest BCUT2D eigenvalue weighted by Crippen LogP contribution is 2.40. The molecule has 2 N–H and O–H groups in total. The topological polar surface area (TPSA) is 158 Å². The first kappa shape index (κ1) is 85.4. The molecule has 0 bridgehead atoms. The van der Waals surface area contributed by atoms with E-state index < -0.39 is 14.4 Å². The summed E-state index contributed by atoms with van der Waals surface area (Å²) in [5.41, 5.74) is 4.47. The normalized spacial score (nSPS) is 15.7. The molecular formula is C75H120O13Si. The highest BCUT2D eigenvalue weighted by molar-refractivity contribution is 6.74. The van der Waals surface area contributed by atoms with Crippen LogP contribution in [0.25, 0.3) is 0 Å². The molecule has 89 heavy (non-hydrogen) atoms. The molecule has 0 saturated heterocycles. The van der Waals surface area contributed by atoms with Crippen molar-refractivity contribution in [2.45, 2.75) is 198 Å². The molecule has 0 heterocycles. The lowest BCUT2D eigenvalue weighted by Gasteiger charge is -2.43. The van der Waals surface area contributed by atoms with E-state index in [-0.39, 0.29) is 77.2 Å². The second-order valence-electron chi connectivity index (χ2n) is 24.4. The van der Waals surface area contributed by atoms with Crippen molar-refractivity contribution < 1.29 is 62.1 Å². The molecule has 0 fully saturated rings. The van der Waals surface area contributed by atoms with E-state index >= 15 is 0 Å². The minimum absolute atomic E-state index is 0.0190. The van der Waals surface area contributed by atoms with Gasteiger partial charge in [0.2, 0.25) is 0 Å². The Morgan fingerprint density at radius 2 is 0.697 bits per heavy atom. The maximum Gasteiger partial charge on any atom is 0.192 e. The summed E-state index contributed by atoms with van der Waals surface area (Å²) in [5, 5.41) is 19.1. The Hall–Kier alpha value is -5.68. The van der Waals surface area contributed by atoms with Crippen LogP contribution in [0.2, 0.25) is 18.1 Å². The number of carbonyl (C=O) groups is 2. The van der Waals surface area contributed by atoms with Gasteiger partial charge in [-0.2, -0.15) is 0 Å². The lowest BCUT2D eigenvalue weighted by Crippen LogP contribution is -2.48. The summed E-state index contributed by atoms with van der Waals surface area (Å²) in [6, 6.07) is 31.5. The van der Waals surface area contributed by atoms with Crippen molar-refractivity contribution in [3.8, 4) is 23.0 Å². The quantitative estimate of drug-likeness (QED) is 0.0271. The van der Waals surface area contributed by atoms with E-state index in [9.17, 15) is 9.90 Å². The van der Waals surface area contributed by atoms with Gasteiger partial charge in [0.25, 0.3) is 0 Å². The third-order valence-corrected chi connectivity index (χ3v) is 20.9. The van der Waals surface area contributed by atoms with Gasteiger partial charge in [0.15, 0.2) is 8.32 Å². The monoisotopic (exact) mass is 1260 g/mol. The predicted molar refractivity (Wildman–Crippen MR) is 371 cm³/mol. The van der Waals surface area contributed by atoms with Gasteiger partial charge in [-0.05, 0) is 148 Å². The number of carbonyl (C=O) groups excluding carboxylic acids is 2. The highest BCUT2D eigenvalue weighted by Gasteiger charge is 2.42. The van der Waals surface area contributed by atoms with Crippen LogP contribution in [-0.2, 0) is 59.4 Å². The molecule has 14 heteroatoms. The molecule has 0 amide bonds. The van der Waals surface area contributed by atoms with Crippen LogP contribution in [0.15, 0.2) is 148 Å².